The Balaban J connectivity index is 0.970. The molecular weight excluding hydrogens is 1490 g/mol. The van der Waals surface area contributed by atoms with Crippen molar-refractivity contribution in [3.8, 4) is 29.1 Å². The predicted octanol–water partition coefficient (Wildman–Crippen LogP) is 12.1. The van der Waals surface area contributed by atoms with Gasteiger partial charge in [0.25, 0.3) is 25.2 Å². The van der Waals surface area contributed by atoms with Crippen LogP contribution < -0.4 is 52.3 Å². The van der Waals surface area contributed by atoms with Gasteiger partial charge >= 0.3 is 32.5 Å². The minimum Gasteiger partial charge on any atom is -0.497 e. The van der Waals surface area contributed by atoms with Crippen LogP contribution in [-0.2, 0) is 56.3 Å². The van der Waals surface area contributed by atoms with Crippen molar-refractivity contribution in [2.24, 2.45) is 0 Å². The van der Waals surface area contributed by atoms with Crippen molar-refractivity contribution in [3.63, 3.8) is 0 Å². The maximum Gasteiger partial charge on any atom is 0.530 e. The summed E-state index contributed by atoms with van der Waals surface area (Å²) in [6, 6.07) is 38.0. The van der Waals surface area contributed by atoms with Gasteiger partial charge in [0, 0.05) is 66.6 Å². The lowest BCUT2D eigenvalue weighted by atomic mass is 9.80. The lowest BCUT2D eigenvalue weighted by molar-refractivity contribution is -0.0949. The SMILES string of the molecule is COc1ccc(C(OC[C@H]2O[C@@H](n3cc(C)c(=O)[nH]c3=O)C[C@@H]2OP(=O)(OC[C@H]2O[C@@H](n3cc(C)c(=O)[nH]c3=O)C[C@@H]2OP(=O)(CC[C@H]2O[C@@H](n3cc(C)c(=O)[nH]c3=O)C[C@@H]2OP(OCCC#N)N(C(C)C)C(C)C)Oc2ccccc2Cl)Oc2ccccc2Cl)(c2ccccc2)c2ccc(OC)cc2)cc1. The number of benzene rings is 5. The summed E-state index contributed by atoms with van der Waals surface area (Å²) in [5.74, 6) is 0.866. The first-order chi connectivity index (χ1) is 51.2. The molecule has 3 fully saturated rings. The summed E-state index contributed by atoms with van der Waals surface area (Å²) in [6.07, 6.45) is -8.49. The summed E-state index contributed by atoms with van der Waals surface area (Å²) < 4.78 is 123. The Hall–Kier alpha value is -8.10. The van der Waals surface area contributed by atoms with E-state index >= 15 is 9.13 Å². The van der Waals surface area contributed by atoms with E-state index in [1.807, 2.05) is 87.0 Å². The molecule has 12 atom stereocenters. The Morgan fingerprint density at radius 3 is 1.48 bits per heavy atom. The van der Waals surface area contributed by atoms with Gasteiger partial charge in [0.1, 0.15) is 71.7 Å². The van der Waals surface area contributed by atoms with Crippen LogP contribution in [0.2, 0.25) is 10.0 Å². The molecule has 0 spiro atoms. The highest BCUT2D eigenvalue weighted by Gasteiger charge is 2.51. The number of phosphoric ester groups is 1. The highest BCUT2D eigenvalue weighted by Crippen LogP contribution is 2.59. The average Bonchev–Trinajstić information content (AvgIpc) is 1.08. The summed E-state index contributed by atoms with van der Waals surface area (Å²) in [5.41, 5.74) is -3.46. The summed E-state index contributed by atoms with van der Waals surface area (Å²) >= 11 is 13.6. The molecule has 0 bridgehead atoms. The third kappa shape index (κ3) is 18.8. The normalized spacial score (nSPS) is 21.6. The number of para-hydroxylation sites is 2. The standard InChI is InChI=1S/C73H83Cl2N8O21P3/c1-44(2)83(45(3)4)105(95-34-17-33-76)100-59-36-64(80-39-46(5)67(84)77-70(80)87)97-58(59)32-35-106(90,101-56-22-15-13-20-54(56)74)102-60-37-65(81-40-47(6)68(85)78-71(81)88)99-63(60)43-96-107(91,103-57-23-16-14-21-55(57)75)104-61-38-66(82-41-48(7)69(86)79-72(82)89)98-62(61)42-94-73(49-18-11-10-12-19-49,50-24-28-52(92-8)29-25-50)51-26-30-53(93-9)31-27-51/h10-16,18-31,39-41,44-45,58-66H,17,32,34-38,42-43H2,1-9H3,(H,77,84,87)(H,78,85,88)(H,79,86,89)/t58-,59+,60+,61+,62-,63-,64-,65-,66-,105?,106?,107?/m1/s1. The highest BCUT2D eigenvalue weighted by molar-refractivity contribution is 7.54. The van der Waals surface area contributed by atoms with E-state index in [2.05, 4.69) is 21.0 Å². The molecule has 3 saturated heterocycles. The molecule has 0 amide bonds. The van der Waals surface area contributed by atoms with Gasteiger partial charge in [-0.3, -0.25) is 56.6 Å². The first-order valence-corrected chi connectivity index (χ1v) is 39.5. The molecule has 3 unspecified atom stereocenters. The zero-order valence-electron chi connectivity index (χ0n) is 60.0. The Labute approximate surface area is 626 Å². The van der Waals surface area contributed by atoms with Crippen molar-refractivity contribution < 1.29 is 69.2 Å². The number of nitrogens with zero attached hydrogens (tertiary/aromatic N) is 5. The van der Waals surface area contributed by atoms with Crippen LogP contribution in [0.3, 0.4) is 0 Å². The molecule has 5 aromatic carbocycles. The van der Waals surface area contributed by atoms with Gasteiger partial charge in [-0.15, -0.1) is 0 Å². The van der Waals surface area contributed by atoms with Gasteiger partial charge in [-0.05, 0) is 120 Å². The van der Waals surface area contributed by atoms with Crippen LogP contribution in [0, 0.1) is 32.1 Å². The van der Waals surface area contributed by atoms with Gasteiger partial charge in [-0.25, -0.2) is 28.2 Å². The van der Waals surface area contributed by atoms with E-state index < -0.39 is 131 Å². The van der Waals surface area contributed by atoms with Crippen LogP contribution in [0.4, 0.5) is 0 Å². The molecule has 6 heterocycles. The van der Waals surface area contributed by atoms with E-state index in [9.17, 15) is 34.0 Å². The lowest BCUT2D eigenvalue weighted by Crippen LogP contribution is -2.38. The third-order valence-electron chi connectivity index (χ3n) is 18.2. The molecular formula is C73H83Cl2N8O21P3. The van der Waals surface area contributed by atoms with Gasteiger partial charge in [0.05, 0.1) is 74.9 Å². The number of aromatic nitrogens is 6. The van der Waals surface area contributed by atoms with Gasteiger partial charge in [0.2, 0.25) is 0 Å². The number of hydrogen-bond donors (Lipinski definition) is 3. The van der Waals surface area contributed by atoms with Crippen molar-refractivity contribution in [2.75, 3.05) is 40.2 Å². The number of phosphoric acid groups is 1. The zero-order valence-corrected chi connectivity index (χ0v) is 64.2. The van der Waals surface area contributed by atoms with E-state index in [4.69, 9.17) is 83.3 Å². The first-order valence-electron chi connectivity index (χ1n) is 34.5. The molecule has 8 aromatic rings. The number of aryl methyl sites for hydroxylation is 3. The smallest absolute Gasteiger partial charge is 0.497 e. The zero-order chi connectivity index (χ0) is 76.5. The van der Waals surface area contributed by atoms with Crippen molar-refractivity contribution in [1.82, 2.24) is 33.3 Å². The quantitative estimate of drug-likeness (QED) is 0.0195. The largest absolute Gasteiger partial charge is 0.530 e. The molecule has 34 heteroatoms. The molecule has 3 aliphatic heterocycles. The Morgan fingerprint density at radius 1 is 0.579 bits per heavy atom. The molecule has 3 N–H and O–H groups in total. The maximum atomic E-state index is 16.3. The number of nitrogens with one attached hydrogen (secondary N) is 3. The van der Waals surface area contributed by atoms with E-state index in [-0.39, 0.29) is 95.6 Å². The number of nitriles is 1. The fourth-order valence-corrected chi connectivity index (χ4v) is 18.5. The molecule has 0 aliphatic carbocycles. The Kier molecular flexibility index (Phi) is 26.2. The van der Waals surface area contributed by atoms with Gasteiger partial charge in [0.15, 0.2) is 0 Å². The summed E-state index contributed by atoms with van der Waals surface area (Å²) in [5, 5.41) is 9.57. The lowest BCUT2D eigenvalue weighted by Gasteiger charge is -2.37. The van der Waals surface area contributed by atoms with E-state index in [0.29, 0.717) is 28.2 Å². The fraction of sp³-hybridized carbons (Fsp3) is 0.411. The molecule has 570 valence electrons. The van der Waals surface area contributed by atoms with Crippen LogP contribution in [0.25, 0.3) is 0 Å². The predicted molar refractivity (Wildman–Crippen MR) is 397 cm³/mol. The van der Waals surface area contributed by atoms with Crippen LogP contribution in [0.5, 0.6) is 23.0 Å². The van der Waals surface area contributed by atoms with Crippen LogP contribution in [-0.4, -0.2) is 122 Å². The second-order valence-electron chi connectivity index (χ2n) is 26.2. The molecule has 11 rings (SSSR count). The second kappa shape index (κ2) is 35.1. The topological polar surface area (TPSA) is 346 Å². The number of ether oxygens (including phenoxy) is 6. The number of aromatic amines is 3. The number of halogens is 2. The van der Waals surface area contributed by atoms with Crippen molar-refractivity contribution in [2.45, 2.75) is 154 Å². The van der Waals surface area contributed by atoms with Crippen LogP contribution in [0.15, 0.2) is 175 Å². The van der Waals surface area contributed by atoms with Gasteiger partial charge in [-0.1, -0.05) is 102 Å². The third-order valence-corrected chi connectivity index (χ3v) is 24.3. The Morgan fingerprint density at radius 2 is 1.01 bits per heavy atom. The maximum absolute atomic E-state index is 16.3. The minimum atomic E-state index is -5.25. The Bertz CT molecular complexity index is 4880. The van der Waals surface area contributed by atoms with Gasteiger partial charge < -0.3 is 46.5 Å². The van der Waals surface area contributed by atoms with Gasteiger partial charge in [-0.2, -0.15) is 5.26 Å². The number of methoxy groups -OCH3 is 2. The van der Waals surface area contributed by atoms with E-state index in [1.165, 1.54) is 72.8 Å². The summed E-state index contributed by atoms with van der Waals surface area (Å²) in [7, 11) is -8.84. The second-order valence-corrected chi connectivity index (χ2v) is 32.1. The number of rotatable bonds is 33. The van der Waals surface area contributed by atoms with Crippen molar-refractivity contribution in [1.29, 1.82) is 5.26 Å². The van der Waals surface area contributed by atoms with Crippen LogP contribution >= 0.6 is 47.1 Å². The summed E-state index contributed by atoms with van der Waals surface area (Å²) in [4.78, 5) is 86.7. The molecule has 107 heavy (non-hydrogen) atoms. The minimum absolute atomic E-state index is 0.00886. The molecule has 0 saturated carbocycles. The summed E-state index contributed by atoms with van der Waals surface area (Å²) in [6.45, 7) is 11.2. The number of H-pyrrole nitrogens is 3. The molecule has 0 radical (unpaired) electrons. The van der Waals surface area contributed by atoms with Crippen molar-refractivity contribution >= 4 is 47.1 Å². The first kappa shape index (κ1) is 79.9. The molecule has 3 aliphatic rings. The number of hydrogen-bond acceptors (Lipinski definition) is 23. The van der Waals surface area contributed by atoms with Crippen molar-refractivity contribution in [3.05, 3.63) is 252 Å². The van der Waals surface area contributed by atoms with E-state index in [0.717, 1.165) is 4.57 Å². The molecule has 3 aromatic heterocycles. The monoisotopic (exact) mass is 1570 g/mol. The van der Waals surface area contributed by atoms with E-state index in [1.54, 1.807) is 62.8 Å². The van der Waals surface area contributed by atoms with Crippen LogP contribution in [0.1, 0.15) is 112 Å². The molecule has 29 nitrogen and oxygen atoms in total. The average molecular weight is 1570 g/mol. The highest BCUT2D eigenvalue weighted by atomic mass is 35.5. The fourth-order valence-electron chi connectivity index (χ4n) is 12.9.